The fourth-order valence-electron chi connectivity index (χ4n) is 0.934. The number of rotatable bonds is 2. The molecule has 0 fully saturated rings. The van der Waals surface area contributed by atoms with Crippen molar-refractivity contribution in [3.63, 3.8) is 0 Å². The van der Waals surface area contributed by atoms with Crippen molar-refractivity contribution < 1.29 is 5.11 Å². The van der Waals surface area contributed by atoms with E-state index in [1.807, 2.05) is 17.5 Å². The molecule has 0 unspecified atom stereocenters. The first kappa shape index (κ1) is 7.91. The molecule has 2 aromatic heterocycles. The molecular weight excluding hydrogens is 190 g/mol. The van der Waals surface area contributed by atoms with Gasteiger partial charge in [-0.1, -0.05) is 0 Å². The Kier molecular flexibility index (Phi) is 2.21. The van der Waals surface area contributed by atoms with Crippen LogP contribution in [0.1, 0.15) is 4.88 Å². The van der Waals surface area contributed by atoms with Gasteiger partial charge in [-0.3, -0.25) is 0 Å². The molecule has 0 spiro atoms. The van der Waals surface area contributed by atoms with Gasteiger partial charge in [0.2, 0.25) is 0 Å². The second-order valence-electron chi connectivity index (χ2n) is 2.35. The fraction of sp³-hybridized carbons (Fsp3) is 0.125. The van der Waals surface area contributed by atoms with Gasteiger partial charge in [-0.15, -0.1) is 0 Å². The lowest BCUT2D eigenvalue weighted by atomic mass is 10.2. The topological polar surface area (TPSA) is 33.1 Å². The highest BCUT2D eigenvalue weighted by atomic mass is 32.1. The van der Waals surface area contributed by atoms with Gasteiger partial charge in [0.1, 0.15) is 0 Å². The average Bonchev–Trinajstić information content (AvgIpc) is 2.75. The number of hydrogen-bond acceptors (Lipinski definition) is 4. The van der Waals surface area contributed by atoms with Gasteiger partial charge in [0, 0.05) is 10.9 Å². The van der Waals surface area contributed by atoms with Gasteiger partial charge in [0.05, 0.1) is 17.2 Å². The highest BCUT2D eigenvalue weighted by molar-refractivity contribution is 7.08. The van der Waals surface area contributed by atoms with E-state index in [0.717, 1.165) is 16.1 Å². The van der Waals surface area contributed by atoms with Crippen LogP contribution >= 0.6 is 22.9 Å². The second-order valence-corrected chi connectivity index (χ2v) is 4.02. The minimum absolute atomic E-state index is 0.0851. The number of aromatic nitrogens is 1. The van der Waals surface area contributed by atoms with E-state index in [-0.39, 0.29) is 6.61 Å². The lowest BCUT2D eigenvalue weighted by Gasteiger charge is -1.85. The van der Waals surface area contributed by atoms with Gasteiger partial charge in [-0.05, 0) is 29.0 Å². The van der Waals surface area contributed by atoms with E-state index in [4.69, 9.17) is 5.11 Å². The first-order chi connectivity index (χ1) is 5.90. The van der Waals surface area contributed by atoms with Crippen molar-refractivity contribution in [3.05, 3.63) is 27.8 Å². The zero-order chi connectivity index (χ0) is 8.39. The van der Waals surface area contributed by atoms with Crippen molar-refractivity contribution in [1.29, 1.82) is 0 Å². The van der Waals surface area contributed by atoms with Crippen LogP contribution in [0.15, 0.2) is 22.9 Å². The normalized spacial score (nSPS) is 10.4. The molecule has 0 aliphatic heterocycles. The van der Waals surface area contributed by atoms with Crippen LogP contribution in [0.4, 0.5) is 0 Å². The van der Waals surface area contributed by atoms with Gasteiger partial charge in [0.15, 0.2) is 0 Å². The smallest absolute Gasteiger partial charge is 0.0852 e. The van der Waals surface area contributed by atoms with E-state index in [0.29, 0.717) is 0 Å². The molecule has 0 saturated carbocycles. The third kappa shape index (κ3) is 1.41. The van der Waals surface area contributed by atoms with Crippen LogP contribution in [0.3, 0.4) is 0 Å². The molecule has 0 atom stereocenters. The van der Waals surface area contributed by atoms with Gasteiger partial charge in [0.25, 0.3) is 0 Å². The third-order valence-electron chi connectivity index (χ3n) is 1.53. The van der Waals surface area contributed by atoms with Crippen LogP contribution in [0.5, 0.6) is 0 Å². The quantitative estimate of drug-likeness (QED) is 0.801. The molecule has 4 heteroatoms. The Morgan fingerprint density at radius 2 is 2.42 bits per heavy atom. The second kappa shape index (κ2) is 3.35. The molecule has 62 valence electrons. The molecule has 0 amide bonds. The van der Waals surface area contributed by atoms with Crippen LogP contribution < -0.4 is 0 Å². The number of thiophene rings is 1. The fourth-order valence-corrected chi connectivity index (χ4v) is 2.18. The van der Waals surface area contributed by atoms with Crippen molar-refractivity contribution in [2.24, 2.45) is 0 Å². The van der Waals surface area contributed by atoms with E-state index in [1.165, 1.54) is 11.5 Å². The molecule has 0 bridgehead atoms. The van der Waals surface area contributed by atoms with Crippen LogP contribution in [0, 0.1) is 0 Å². The van der Waals surface area contributed by atoms with Crippen molar-refractivity contribution in [3.8, 4) is 11.3 Å². The summed E-state index contributed by atoms with van der Waals surface area (Å²) < 4.78 is 4.22. The van der Waals surface area contributed by atoms with Crippen molar-refractivity contribution in [2.45, 2.75) is 6.61 Å². The van der Waals surface area contributed by atoms with E-state index >= 15 is 0 Å². The Bertz CT molecular complexity index is 353. The summed E-state index contributed by atoms with van der Waals surface area (Å²) in [6, 6.07) is 3.95. The Morgan fingerprint density at radius 3 is 3.00 bits per heavy atom. The molecule has 2 aromatic rings. The maximum absolute atomic E-state index is 8.82. The van der Waals surface area contributed by atoms with Gasteiger partial charge < -0.3 is 5.11 Å². The average molecular weight is 197 g/mol. The maximum atomic E-state index is 8.82. The first-order valence-corrected chi connectivity index (χ1v) is 5.21. The standard InChI is InChI=1S/C8H7NOS2/c10-4-7-3-8(9-12-7)6-1-2-11-5-6/h1-3,5,10H,4H2. The van der Waals surface area contributed by atoms with Gasteiger partial charge in [-0.2, -0.15) is 15.7 Å². The number of aliphatic hydroxyl groups is 1. The first-order valence-electron chi connectivity index (χ1n) is 3.49. The molecule has 12 heavy (non-hydrogen) atoms. The highest BCUT2D eigenvalue weighted by Crippen LogP contribution is 2.23. The largest absolute Gasteiger partial charge is 0.391 e. The summed E-state index contributed by atoms with van der Waals surface area (Å²) in [6.07, 6.45) is 0. The van der Waals surface area contributed by atoms with Gasteiger partial charge >= 0.3 is 0 Å². The molecular formula is C8H7NOS2. The van der Waals surface area contributed by atoms with Gasteiger partial charge in [-0.25, -0.2) is 0 Å². The summed E-state index contributed by atoms with van der Waals surface area (Å²) >= 11 is 3.01. The summed E-state index contributed by atoms with van der Waals surface area (Å²) in [4.78, 5) is 0.913. The Morgan fingerprint density at radius 1 is 1.50 bits per heavy atom. The Labute approximate surface area is 78.3 Å². The van der Waals surface area contributed by atoms with Crippen LogP contribution in [0.2, 0.25) is 0 Å². The summed E-state index contributed by atoms with van der Waals surface area (Å²) in [7, 11) is 0. The van der Waals surface area contributed by atoms with E-state index < -0.39 is 0 Å². The number of hydrogen-bond donors (Lipinski definition) is 1. The molecule has 1 N–H and O–H groups in total. The molecule has 0 aliphatic rings. The molecule has 0 aromatic carbocycles. The number of nitrogens with zero attached hydrogens (tertiary/aromatic N) is 1. The Hall–Kier alpha value is -0.710. The molecule has 0 aliphatic carbocycles. The zero-order valence-corrected chi connectivity index (χ0v) is 7.86. The lowest BCUT2D eigenvalue weighted by molar-refractivity contribution is 0.285. The predicted octanol–water partition coefficient (Wildman–Crippen LogP) is 2.36. The Balaban J connectivity index is 2.35. The summed E-state index contributed by atoms with van der Waals surface area (Å²) in [5, 5.41) is 12.9. The SMILES string of the molecule is OCc1cc(-c2ccsc2)ns1. The minimum atomic E-state index is 0.0851. The predicted molar refractivity (Wildman–Crippen MR) is 51.3 cm³/mol. The zero-order valence-electron chi connectivity index (χ0n) is 6.23. The number of aliphatic hydroxyl groups excluding tert-OH is 1. The minimum Gasteiger partial charge on any atom is -0.391 e. The summed E-state index contributed by atoms with van der Waals surface area (Å²) in [5.74, 6) is 0. The van der Waals surface area contributed by atoms with Crippen molar-refractivity contribution in [2.75, 3.05) is 0 Å². The van der Waals surface area contributed by atoms with Crippen LogP contribution in [0.25, 0.3) is 11.3 Å². The van der Waals surface area contributed by atoms with Crippen molar-refractivity contribution in [1.82, 2.24) is 4.37 Å². The van der Waals surface area contributed by atoms with Crippen LogP contribution in [-0.4, -0.2) is 9.48 Å². The molecule has 0 saturated heterocycles. The summed E-state index contributed by atoms with van der Waals surface area (Å²) in [6.45, 7) is 0.0851. The maximum Gasteiger partial charge on any atom is 0.0852 e. The molecule has 2 heterocycles. The van der Waals surface area contributed by atoms with E-state index in [2.05, 4.69) is 9.75 Å². The van der Waals surface area contributed by atoms with Crippen molar-refractivity contribution >= 4 is 22.9 Å². The molecule has 2 rings (SSSR count). The van der Waals surface area contributed by atoms with E-state index in [1.54, 1.807) is 11.3 Å². The van der Waals surface area contributed by atoms with Crippen LogP contribution in [-0.2, 0) is 6.61 Å². The highest BCUT2D eigenvalue weighted by Gasteiger charge is 2.02. The monoisotopic (exact) mass is 197 g/mol. The third-order valence-corrected chi connectivity index (χ3v) is 2.98. The molecule has 2 nitrogen and oxygen atoms in total. The van der Waals surface area contributed by atoms with E-state index in [9.17, 15) is 0 Å². The lowest BCUT2D eigenvalue weighted by Crippen LogP contribution is -1.72. The summed E-state index contributed by atoms with van der Waals surface area (Å²) in [5.41, 5.74) is 2.10. The molecule has 0 radical (unpaired) electrons.